The van der Waals surface area contributed by atoms with Crippen LogP contribution in [-0.4, -0.2) is 15.7 Å². The SMILES string of the molecule is C#CCOc1cc(-n2c(=O)c3c(n(C)c2=O)CCC3)c(F)cc1Cl. The fraction of sp³-hybridized carbons (Fsp3) is 0.294. The Bertz CT molecular complexity index is 985. The van der Waals surface area contributed by atoms with Gasteiger partial charge in [0.25, 0.3) is 5.56 Å². The summed E-state index contributed by atoms with van der Waals surface area (Å²) in [6, 6.07) is 2.22. The number of aromatic nitrogens is 2. The van der Waals surface area contributed by atoms with Crippen LogP contribution in [0.2, 0.25) is 5.02 Å². The molecule has 0 N–H and O–H groups in total. The van der Waals surface area contributed by atoms with Gasteiger partial charge in [-0.15, -0.1) is 6.42 Å². The van der Waals surface area contributed by atoms with E-state index in [1.54, 1.807) is 7.05 Å². The maximum atomic E-state index is 14.4. The van der Waals surface area contributed by atoms with Crippen LogP contribution in [-0.2, 0) is 19.9 Å². The van der Waals surface area contributed by atoms with Gasteiger partial charge in [-0.1, -0.05) is 17.5 Å². The van der Waals surface area contributed by atoms with E-state index in [0.29, 0.717) is 24.1 Å². The number of terminal acetylenes is 1. The summed E-state index contributed by atoms with van der Waals surface area (Å²) in [5, 5.41) is 0.0116. The predicted molar refractivity (Wildman–Crippen MR) is 88.6 cm³/mol. The molecule has 0 amide bonds. The van der Waals surface area contributed by atoms with Crippen molar-refractivity contribution in [1.82, 2.24) is 9.13 Å². The minimum absolute atomic E-state index is 0.0116. The summed E-state index contributed by atoms with van der Waals surface area (Å²) in [4.78, 5) is 25.2. The van der Waals surface area contributed by atoms with Gasteiger partial charge < -0.3 is 9.30 Å². The van der Waals surface area contributed by atoms with E-state index >= 15 is 0 Å². The van der Waals surface area contributed by atoms with E-state index in [1.165, 1.54) is 10.6 Å². The van der Waals surface area contributed by atoms with Crippen LogP contribution in [0.3, 0.4) is 0 Å². The van der Waals surface area contributed by atoms with Gasteiger partial charge in [0.2, 0.25) is 0 Å². The number of benzene rings is 1. The second-order valence-corrected chi connectivity index (χ2v) is 5.89. The topological polar surface area (TPSA) is 53.2 Å². The summed E-state index contributed by atoms with van der Waals surface area (Å²) in [5.74, 6) is 1.60. The van der Waals surface area contributed by atoms with E-state index in [0.717, 1.165) is 17.1 Å². The van der Waals surface area contributed by atoms with Crippen LogP contribution >= 0.6 is 11.6 Å². The molecule has 2 aromatic rings. The molecule has 3 rings (SSSR count). The molecule has 7 heteroatoms. The Balaban J connectivity index is 2.28. The highest BCUT2D eigenvalue weighted by molar-refractivity contribution is 6.32. The maximum Gasteiger partial charge on any atom is 0.335 e. The molecule has 0 aliphatic heterocycles. The van der Waals surface area contributed by atoms with Crippen molar-refractivity contribution in [2.45, 2.75) is 19.3 Å². The number of hydrogen-bond donors (Lipinski definition) is 0. The zero-order valence-electron chi connectivity index (χ0n) is 12.9. The van der Waals surface area contributed by atoms with Crippen molar-refractivity contribution < 1.29 is 9.13 Å². The van der Waals surface area contributed by atoms with Gasteiger partial charge in [0.05, 0.1) is 10.7 Å². The molecule has 1 aromatic carbocycles. The molecule has 0 spiro atoms. The lowest BCUT2D eigenvalue weighted by Crippen LogP contribution is -2.41. The first-order valence-electron chi connectivity index (χ1n) is 7.35. The Kier molecular flexibility index (Phi) is 4.20. The second kappa shape index (κ2) is 6.17. The van der Waals surface area contributed by atoms with E-state index in [-0.39, 0.29) is 23.1 Å². The standard InChI is InChI=1S/C17H14ClFN2O3/c1-3-7-24-15-9-14(12(19)8-11(15)18)21-16(22)10-5-4-6-13(10)20(2)17(21)23/h1,8-9H,4-7H2,2H3. The summed E-state index contributed by atoms with van der Waals surface area (Å²) in [6.45, 7) is -0.0676. The highest BCUT2D eigenvalue weighted by Gasteiger charge is 2.24. The quantitative estimate of drug-likeness (QED) is 0.795. The van der Waals surface area contributed by atoms with Gasteiger partial charge >= 0.3 is 5.69 Å². The lowest BCUT2D eigenvalue weighted by atomic mass is 10.2. The summed E-state index contributed by atoms with van der Waals surface area (Å²) in [5.41, 5.74) is -0.0665. The van der Waals surface area contributed by atoms with Gasteiger partial charge in [-0.3, -0.25) is 4.79 Å². The monoisotopic (exact) mass is 348 g/mol. The molecule has 124 valence electrons. The first kappa shape index (κ1) is 16.3. The molecule has 1 heterocycles. The first-order valence-corrected chi connectivity index (χ1v) is 7.73. The van der Waals surface area contributed by atoms with E-state index in [2.05, 4.69) is 5.92 Å². The molecule has 0 unspecified atom stereocenters. The second-order valence-electron chi connectivity index (χ2n) is 5.49. The molecule has 5 nitrogen and oxygen atoms in total. The molecular weight excluding hydrogens is 335 g/mol. The lowest BCUT2D eigenvalue weighted by molar-refractivity contribution is 0.369. The lowest BCUT2D eigenvalue weighted by Gasteiger charge is -2.14. The average Bonchev–Trinajstić information content (AvgIpc) is 3.04. The first-order chi connectivity index (χ1) is 11.5. The zero-order chi connectivity index (χ0) is 17.4. The molecule has 1 aromatic heterocycles. The average molecular weight is 349 g/mol. The Morgan fingerprint density at radius 3 is 2.83 bits per heavy atom. The Hall–Kier alpha value is -2.52. The fourth-order valence-electron chi connectivity index (χ4n) is 2.95. The van der Waals surface area contributed by atoms with Gasteiger partial charge in [0.15, 0.2) is 0 Å². The van der Waals surface area contributed by atoms with Crippen molar-refractivity contribution in [1.29, 1.82) is 0 Å². The minimum Gasteiger partial charge on any atom is -0.479 e. The number of nitrogens with zero attached hydrogens (tertiary/aromatic N) is 2. The van der Waals surface area contributed by atoms with Gasteiger partial charge in [-0.2, -0.15) is 0 Å². The van der Waals surface area contributed by atoms with E-state index in [9.17, 15) is 14.0 Å². The van der Waals surface area contributed by atoms with Crippen LogP contribution < -0.4 is 16.0 Å². The Morgan fingerprint density at radius 2 is 2.12 bits per heavy atom. The molecule has 0 saturated carbocycles. The number of hydrogen-bond acceptors (Lipinski definition) is 3. The van der Waals surface area contributed by atoms with Crippen LogP contribution in [0.25, 0.3) is 5.69 Å². The number of ether oxygens (including phenoxy) is 1. The molecule has 1 aliphatic rings. The van der Waals surface area contributed by atoms with Crippen molar-refractivity contribution >= 4 is 11.6 Å². The Morgan fingerprint density at radius 1 is 1.38 bits per heavy atom. The van der Waals surface area contributed by atoms with Crippen molar-refractivity contribution in [3.8, 4) is 23.8 Å². The van der Waals surface area contributed by atoms with Gasteiger partial charge in [-0.25, -0.2) is 13.8 Å². The van der Waals surface area contributed by atoms with Crippen molar-refractivity contribution in [2.24, 2.45) is 7.05 Å². The van der Waals surface area contributed by atoms with Crippen LogP contribution in [0, 0.1) is 18.2 Å². The van der Waals surface area contributed by atoms with Crippen molar-refractivity contribution in [2.75, 3.05) is 6.61 Å². The normalized spacial score (nSPS) is 12.8. The molecule has 0 bridgehead atoms. The summed E-state index contributed by atoms with van der Waals surface area (Å²) < 4.78 is 21.8. The molecule has 0 fully saturated rings. The summed E-state index contributed by atoms with van der Waals surface area (Å²) in [6.07, 6.45) is 7.16. The zero-order valence-corrected chi connectivity index (χ0v) is 13.7. The third kappa shape index (κ3) is 2.51. The number of halogens is 2. The highest BCUT2D eigenvalue weighted by Crippen LogP contribution is 2.29. The van der Waals surface area contributed by atoms with Crippen LogP contribution in [0.1, 0.15) is 17.7 Å². The summed E-state index contributed by atoms with van der Waals surface area (Å²) in [7, 11) is 1.58. The van der Waals surface area contributed by atoms with Crippen molar-refractivity contribution in [3.05, 3.63) is 55.1 Å². The predicted octanol–water partition coefficient (Wildman–Crippen LogP) is 1.83. The third-order valence-corrected chi connectivity index (χ3v) is 4.38. The van der Waals surface area contributed by atoms with Gasteiger partial charge in [0, 0.05) is 24.4 Å². The minimum atomic E-state index is -0.787. The van der Waals surface area contributed by atoms with Crippen LogP contribution in [0.5, 0.6) is 5.75 Å². The van der Waals surface area contributed by atoms with Gasteiger partial charge in [-0.05, 0) is 25.3 Å². The van der Waals surface area contributed by atoms with Crippen LogP contribution in [0.15, 0.2) is 21.7 Å². The summed E-state index contributed by atoms with van der Waals surface area (Å²) >= 11 is 5.93. The molecule has 0 saturated heterocycles. The molecule has 24 heavy (non-hydrogen) atoms. The van der Waals surface area contributed by atoms with Gasteiger partial charge in [0.1, 0.15) is 18.2 Å². The molecule has 0 atom stereocenters. The Labute approximate surface area is 142 Å². The highest BCUT2D eigenvalue weighted by atomic mass is 35.5. The van der Waals surface area contributed by atoms with E-state index < -0.39 is 17.1 Å². The van der Waals surface area contributed by atoms with Crippen LogP contribution in [0.4, 0.5) is 4.39 Å². The van der Waals surface area contributed by atoms with E-state index in [1.807, 2.05) is 0 Å². The molecule has 1 aliphatic carbocycles. The van der Waals surface area contributed by atoms with E-state index in [4.69, 9.17) is 22.8 Å². The number of rotatable bonds is 3. The number of fused-ring (bicyclic) bond motifs is 1. The fourth-order valence-corrected chi connectivity index (χ4v) is 3.15. The molecular formula is C17H14ClFN2O3. The largest absolute Gasteiger partial charge is 0.479 e. The molecule has 0 radical (unpaired) electrons. The smallest absolute Gasteiger partial charge is 0.335 e. The third-order valence-electron chi connectivity index (χ3n) is 4.09. The van der Waals surface area contributed by atoms with Crippen molar-refractivity contribution in [3.63, 3.8) is 0 Å². The maximum absolute atomic E-state index is 14.4.